The van der Waals surface area contributed by atoms with Crippen molar-refractivity contribution >= 4 is 10.8 Å². The number of unbranched alkanes of at least 4 members (excludes halogenated alkanes) is 1. The highest BCUT2D eigenvalue weighted by Crippen LogP contribution is 2.35. The molecular formula is C25H30O2. The SMILES string of the molecule is CCCCc1cc(Cc2ccc(O)c(C(C)(C)C)c2)c2ccccc2c1O. The van der Waals surface area contributed by atoms with Gasteiger partial charge in [-0.1, -0.05) is 76.6 Å². The molecular weight excluding hydrogens is 332 g/mol. The third kappa shape index (κ3) is 4.10. The van der Waals surface area contributed by atoms with E-state index >= 15 is 0 Å². The Morgan fingerprint density at radius 2 is 1.56 bits per heavy atom. The second-order valence-electron chi connectivity index (χ2n) is 8.47. The van der Waals surface area contributed by atoms with Crippen LogP contribution in [0.1, 0.15) is 62.8 Å². The van der Waals surface area contributed by atoms with E-state index < -0.39 is 0 Å². The third-order valence-corrected chi connectivity index (χ3v) is 5.24. The van der Waals surface area contributed by atoms with Gasteiger partial charge in [-0.3, -0.25) is 0 Å². The fraction of sp³-hybridized carbons (Fsp3) is 0.360. The Labute approximate surface area is 162 Å². The molecule has 0 amide bonds. The van der Waals surface area contributed by atoms with Crippen molar-refractivity contribution in [3.63, 3.8) is 0 Å². The summed E-state index contributed by atoms with van der Waals surface area (Å²) in [7, 11) is 0. The topological polar surface area (TPSA) is 40.5 Å². The third-order valence-electron chi connectivity index (χ3n) is 5.24. The molecule has 0 fully saturated rings. The van der Waals surface area contributed by atoms with Crippen molar-refractivity contribution in [2.75, 3.05) is 0 Å². The summed E-state index contributed by atoms with van der Waals surface area (Å²) >= 11 is 0. The van der Waals surface area contributed by atoms with Gasteiger partial charge in [0, 0.05) is 5.39 Å². The second kappa shape index (κ2) is 7.64. The fourth-order valence-electron chi connectivity index (χ4n) is 3.72. The Balaban J connectivity index is 2.08. The van der Waals surface area contributed by atoms with E-state index in [2.05, 4.69) is 45.9 Å². The van der Waals surface area contributed by atoms with Crippen molar-refractivity contribution < 1.29 is 10.2 Å². The van der Waals surface area contributed by atoms with Crippen LogP contribution in [0.5, 0.6) is 11.5 Å². The summed E-state index contributed by atoms with van der Waals surface area (Å²) in [5.41, 5.74) is 4.29. The Hall–Kier alpha value is -2.48. The van der Waals surface area contributed by atoms with E-state index in [1.807, 2.05) is 24.3 Å². The van der Waals surface area contributed by atoms with Gasteiger partial charge in [-0.2, -0.15) is 0 Å². The van der Waals surface area contributed by atoms with Crippen LogP contribution in [0.15, 0.2) is 48.5 Å². The maximum Gasteiger partial charge on any atom is 0.126 e. The van der Waals surface area contributed by atoms with Crippen LogP contribution in [0.25, 0.3) is 10.8 Å². The summed E-state index contributed by atoms with van der Waals surface area (Å²) in [4.78, 5) is 0. The Morgan fingerprint density at radius 3 is 2.22 bits per heavy atom. The van der Waals surface area contributed by atoms with E-state index in [0.29, 0.717) is 11.5 Å². The molecule has 0 aliphatic rings. The molecule has 0 aliphatic carbocycles. The maximum absolute atomic E-state index is 10.7. The molecule has 0 unspecified atom stereocenters. The molecule has 0 aliphatic heterocycles. The van der Waals surface area contributed by atoms with E-state index in [-0.39, 0.29) is 5.41 Å². The number of benzene rings is 3. The Kier molecular flexibility index (Phi) is 5.46. The lowest BCUT2D eigenvalue weighted by molar-refractivity contribution is 0.446. The molecule has 2 heteroatoms. The standard InChI is InChI=1S/C25H30O2/c1-5-6-9-18-16-19(20-10-7-8-11-21(20)24(18)27)14-17-12-13-23(26)22(15-17)25(2,3)4/h7-8,10-13,15-16,26-27H,5-6,9,14H2,1-4H3. The van der Waals surface area contributed by atoms with Crippen molar-refractivity contribution in [1.82, 2.24) is 0 Å². The van der Waals surface area contributed by atoms with Crippen molar-refractivity contribution in [3.8, 4) is 11.5 Å². The van der Waals surface area contributed by atoms with E-state index in [9.17, 15) is 10.2 Å². The number of phenols is 2. The largest absolute Gasteiger partial charge is 0.508 e. The smallest absolute Gasteiger partial charge is 0.126 e. The van der Waals surface area contributed by atoms with Crippen LogP contribution in [0.2, 0.25) is 0 Å². The molecule has 0 aromatic heterocycles. The van der Waals surface area contributed by atoms with E-state index in [0.717, 1.165) is 47.6 Å². The number of aryl methyl sites for hydroxylation is 1. The molecule has 0 bridgehead atoms. The average Bonchev–Trinajstić information content (AvgIpc) is 2.63. The monoisotopic (exact) mass is 362 g/mol. The summed E-state index contributed by atoms with van der Waals surface area (Å²) in [6.45, 7) is 8.52. The van der Waals surface area contributed by atoms with Gasteiger partial charge in [0.25, 0.3) is 0 Å². The lowest BCUT2D eigenvalue weighted by atomic mass is 9.84. The van der Waals surface area contributed by atoms with Crippen LogP contribution in [0.4, 0.5) is 0 Å². The predicted molar refractivity (Wildman–Crippen MR) is 114 cm³/mol. The first-order valence-corrected chi connectivity index (χ1v) is 9.86. The first kappa shape index (κ1) is 19.3. The van der Waals surface area contributed by atoms with E-state index in [1.165, 1.54) is 11.1 Å². The lowest BCUT2D eigenvalue weighted by Gasteiger charge is -2.21. The van der Waals surface area contributed by atoms with Gasteiger partial charge in [-0.25, -0.2) is 0 Å². The Morgan fingerprint density at radius 1 is 0.852 bits per heavy atom. The number of aromatic hydroxyl groups is 2. The molecule has 3 aromatic carbocycles. The highest BCUT2D eigenvalue weighted by Gasteiger charge is 2.19. The zero-order chi connectivity index (χ0) is 19.6. The zero-order valence-electron chi connectivity index (χ0n) is 16.8. The summed E-state index contributed by atoms with van der Waals surface area (Å²) in [5.74, 6) is 0.773. The van der Waals surface area contributed by atoms with E-state index in [4.69, 9.17) is 0 Å². The van der Waals surface area contributed by atoms with Gasteiger partial charge >= 0.3 is 0 Å². The van der Waals surface area contributed by atoms with Crippen molar-refractivity contribution in [3.05, 3.63) is 70.8 Å². The van der Waals surface area contributed by atoms with Gasteiger partial charge in [0.15, 0.2) is 0 Å². The summed E-state index contributed by atoms with van der Waals surface area (Å²) < 4.78 is 0. The molecule has 27 heavy (non-hydrogen) atoms. The van der Waals surface area contributed by atoms with Gasteiger partial charge in [-0.15, -0.1) is 0 Å². The summed E-state index contributed by atoms with van der Waals surface area (Å²) in [5, 5.41) is 23.0. The summed E-state index contributed by atoms with van der Waals surface area (Å²) in [6, 6.07) is 16.2. The molecule has 2 nitrogen and oxygen atoms in total. The molecule has 142 valence electrons. The van der Waals surface area contributed by atoms with Gasteiger partial charge in [-0.05, 0) is 58.4 Å². The minimum atomic E-state index is -0.108. The maximum atomic E-state index is 10.7. The number of phenolic OH excluding ortho intramolecular Hbond substituents is 2. The minimum absolute atomic E-state index is 0.108. The van der Waals surface area contributed by atoms with Crippen LogP contribution in [-0.4, -0.2) is 10.2 Å². The molecule has 3 rings (SSSR count). The molecule has 0 saturated carbocycles. The molecule has 0 radical (unpaired) electrons. The predicted octanol–water partition coefficient (Wildman–Crippen LogP) is 6.48. The van der Waals surface area contributed by atoms with Gasteiger partial charge in [0.1, 0.15) is 11.5 Å². The van der Waals surface area contributed by atoms with E-state index in [1.54, 1.807) is 6.07 Å². The van der Waals surface area contributed by atoms with Crippen LogP contribution >= 0.6 is 0 Å². The van der Waals surface area contributed by atoms with Gasteiger partial charge in [0.05, 0.1) is 0 Å². The molecule has 0 heterocycles. The van der Waals surface area contributed by atoms with Crippen molar-refractivity contribution in [1.29, 1.82) is 0 Å². The fourth-order valence-corrected chi connectivity index (χ4v) is 3.72. The molecule has 0 saturated heterocycles. The minimum Gasteiger partial charge on any atom is -0.508 e. The normalized spacial score (nSPS) is 11.9. The van der Waals surface area contributed by atoms with Crippen LogP contribution in [0, 0.1) is 0 Å². The van der Waals surface area contributed by atoms with Gasteiger partial charge in [0.2, 0.25) is 0 Å². The summed E-state index contributed by atoms with van der Waals surface area (Å²) in [6.07, 6.45) is 3.85. The van der Waals surface area contributed by atoms with Gasteiger partial charge < -0.3 is 10.2 Å². The van der Waals surface area contributed by atoms with Crippen molar-refractivity contribution in [2.45, 2.75) is 58.8 Å². The quantitative estimate of drug-likeness (QED) is 0.545. The second-order valence-corrected chi connectivity index (χ2v) is 8.47. The molecule has 2 N–H and O–H groups in total. The number of rotatable bonds is 5. The molecule has 0 atom stereocenters. The highest BCUT2D eigenvalue weighted by atomic mass is 16.3. The lowest BCUT2D eigenvalue weighted by Crippen LogP contribution is -2.11. The van der Waals surface area contributed by atoms with Crippen LogP contribution in [0.3, 0.4) is 0 Å². The molecule has 3 aromatic rings. The first-order valence-electron chi connectivity index (χ1n) is 9.86. The van der Waals surface area contributed by atoms with Crippen molar-refractivity contribution in [2.24, 2.45) is 0 Å². The Bertz CT molecular complexity index is 948. The zero-order valence-corrected chi connectivity index (χ0v) is 16.8. The number of hydrogen-bond acceptors (Lipinski definition) is 2. The highest BCUT2D eigenvalue weighted by molar-refractivity contribution is 5.92. The van der Waals surface area contributed by atoms with Crippen LogP contribution < -0.4 is 0 Å². The number of fused-ring (bicyclic) bond motifs is 1. The molecule has 0 spiro atoms. The van der Waals surface area contributed by atoms with Crippen LogP contribution in [-0.2, 0) is 18.3 Å². The number of hydrogen-bond donors (Lipinski definition) is 2. The average molecular weight is 363 g/mol. The first-order chi connectivity index (χ1) is 12.8.